The molecule has 6 nitrogen and oxygen atoms in total. The number of ether oxygens (including phenoxy) is 4. The van der Waals surface area contributed by atoms with E-state index in [0.29, 0.717) is 26.4 Å². The first-order valence-electron chi connectivity index (χ1n) is 11.1. The zero-order chi connectivity index (χ0) is 18.8. The van der Waals surface area contributed by atoms with Crippen LogP contribution in [0.1, 0.15) is 65.2 Å². The van der Waals surface area contributed by atoms with Crippen LogP contribution in [0, 0.1) is 0 Å². The van der Waals surface area contributed by atoms with Gasteiger partial charge < -0.3 is 0 Å². The molecule has 4 aliphatic heterocycles. The normalized spacial score (nSPS) is 41.1. The Bertz CT molecular complexity index is 449. The summed E-state index contributed by atoms with van der Waals surface area (Å²) in [5.41, 5.74) is 0. The zero-order valence-corrected chi connectivity index (χ0v) is 19.9. The molecule has 0 N–H and O–H groups in total. The van der Waals surface area contributed by atoms with Crippen molar-refractivity contribution < 1.29 is 25.1 Å². The van der Waals surface area contributed by atoms with Crippen molar-refractivity contribution in [3.8, 4) is 0 Å². The van der Waals surface area contributed by atoms with Gasteiger partial charge in [-0.2, -0.15) is 0 Å². The summed E-state index contributed by atoms with van der Waals surface area (Å²) in [6, 6.07) is 0. The summed E-state index contributed by atoms with van der Waals surface area (Å²) in [7, 11) is 0. The minimum absolute atomic E-state index is 0.140. The van der Waals surface area contributed by atoms with Crippen LogP contribution in [0.3, 0.4) is 0 Å². The Balaban J connectivity index is 1.74. The molecular weight excluding hydrogens is 455 g/mol. The first-order valence-corrected chi connectivity index (χ1v) is 17.5. The number of hydrogen-bond donors (Lipinski definition) is 0. The van der Waals surface area contributed by atoms with Gasteiger partial charge in [0.1, 0.15) is 0 Å². The molecular formula is C20H36O6Sn. The summed E-state index contributed by atoms with van der Waals surface area (Å²) in [5, 5.41) is 0. The Morgan fingerprint density at radius 1 is 0.704 bits per heavy atom. The summed E-state index contributed by atoms with van der Waals surface area (Å²) >= 11 is -3.33. The van der Waals surface area contributed by atoms with E-state index in [-0.39, 0.29) is 12.2 Å². The Morgan fingerprint density at radius 3 is 1.59 bits per heavy atom. The standard InChI is InChI=1S/C12H18O6.2C4H9.Sn/c13-9-3-1-5-15-11(9)12(18-8-7-17-11)10(14)4-2-6-16-12;2*1-3-4-2;/h9-10H,1-8H2;2*1,3-4H2,2H3;/q-2;;;+2/t9-,10-,11-,12-;;;/m1.../s1. The molecule has 0 aromatic rings. The second-order valence-electron chi connectivity index (χ2n) is 8.34. The third-order valence-electron chi connectivity index (χ3n) is 6.44. The first-order chi connectivity index (χ1) is 13.2. The molecule has 4 atom stereocenters. The van der Waals surface area contributed by atoms with E-state index >= 15 is 0 Å². The van der Waals surface area contributed by atoms with Crippen molar-refractivity contribution in [3.05, 3.63) is 0 Å². The fraction of sp³-hybridized carbons (Fsp3) is 1.00. The number of unbranched alkanes of at least 4 members (excludes halogenated alkanes) is 2. The van der Waals surface area contributed by atoms with Crippen LogP contribution in [0.25, 0.3) is 0 Å². The molecule has 156 valence electrons. The van der Waals surface area contributed by atoms with Gasteiger partial charge in [-0.15, -0.1) is 0 Å². The molecule has 4 saturated heterocycles. The summed E-state index contributed by atoms with van der Waals surface area (Å²) < 4.78 is 41.8. The minimum atomic E-state index is -3.33. The maximum absolute atomic E-state index is 7.03. The third kappa shape index (κ3) is 3.62. The first kappa shape index (κ1) is 20.8. The van der Waals surface area contributed by atoms with Crippen molar-refractivity contribution in [1.29, 1.82) is 0 Å². The number of hydrogen-bond acceptors (Lipinski definition) is 6. The van der Waals surface area contributed by atoms with Gasteiger partial charge in [-0.3, -0.25) is 0 Å². The van der Waals surface area contributed by atoms with Crippen LogP contribution in [0.4, 0.5) is 0 Å². The van der Waals surface area contributed by atoms with E-state index in [2.05, 4.69) is 13.8 Å². The van der Waals surface area contributed by atoms with Gasteiger partial charge in [0.2, 0.25) is 0 Å². The number of rotatable bonds is 6. The molecule has 4 rings (SSSR count). The SMILES string of the molecule is CCC[CH2][Sn]1([CH2]CCC)[O][C@@H]2CCCO[C@@]23OCCO[C@@]32OCCC[C@H]2[O]1. The van der Waals surface area contributed by atoms with Crippen LogP contribution in [0.5, 0.6) is 0 Å². The quantitative estimate of drug-likeness (QED) is 0.527. The molecule has 0 radical (unpaired) electrons. The van der Waals surface area contributed by atoms with Gasteiger partial charge in [-0.05, 0) is 0 Å². The van der Waals surface area contributed by atoms with Gasteiger partial charge in [-0.25, -0.2) is 0 Å². The molecule has 0 aromatic carbocycles. The molecule has 7 heteroatoms. The van der Waals surface area contributed by atoms with Crippen LogP contribution in [-0.2, 0) is 25.1 Å². The Morgan fingerprint density at radius 2 is 1.15 bits per heavy atom. The zero-order valence-electron chi connectivity index (χ0n) is 17.0. The maximum atomic E-state index is 7.03. The van der Waals surface area contributed by atoms with E-state index < -0.39 is 30.8 Å². The molecule has 4 aliphatic rings. The van der Waals surface area contributed by atoms with Crippen LogP contribution in [-0.4, -0.2) is 69.4 Å². The molecule has 0 unspecified atom stereocenters. The molecule has 0 saturated carbocycles. The molecule has 4 heterocycles. The van der Waals surface area contributed by atoms with E-state index in [0.717, 1.165) is 34.6 Å². The fourth-order valence-electron chi connectivity index (χ4n) is 5.13. The Hall–Kier alpha value is 0.559. The topological polar surface area (TPSA) is 55.4 Å². The van der Waals surface area contributed by atoms with E-state index in [9.17, 15) is 0 Å². The molecule has 4 fully saturated rings. The van der Waals surface area contributed by atoms with Crippen LogP contribution in [0.2, 0.25) is 8.87 Å². The van der Waals surface area contributed by atoms with E-state index in [1.165, 1.54) is 25.7 Å². The van der Waals surface area contributed by atoms with Gasteiger partial charge in [0, 0.05) is 0 Å². The third-order valence-corrected chi connectivity index (χ3v) is 16.9. The fourth-order valence-corrected chi connectivity index (χ4v) is 17.0. The van der Waals surface area contributed by atoms with Gasteiger partial charge in [0.05, 0.1) is 0 Å². The predicted octanol–water partition coefficient (Wildman–Crippen LogP) is 3.87. The average Bonchev–Trinajstić information content (AvgIpc) is 2.81. The van der Waals surface area contributed by atoms with E-state index in [1.54, 1.807) is 0 Å². The van der Waals surface area contributed by atoms with Crippen LogP contribution < -0.4 is 0 Å². The van der Waals surface area contributed by atoms with Gasteiger partial charge in [-0.1, -0.05) is 0 Å². The summed E-state index contributed by atoms with van der Waals surface area (Å²) in [6.45, 7) is 6.85. The molecule has 2 spiro atoms. The summed E-state index contributed by atoms with van der Waals surface area (Å²) in [6.07, 6.45) is 8.24. The van der Waals surface area contributed by atoms with Crippen LogP contribution in [0.15, 0.2) is 0 Å². The van der Waals surface area contributed by atoms with Crippen molar-refractivity contribution in [2.75, 3.05) is 26.4 Å². The summed E-state index contributed by atoms with van der Waals surface area (Å²) in [4.78, 5) is 0. The van der Waals surface area contributed by atoms with Crippen molar-refractivity contribution in [1.82, 2.24) is 0 Å². The molecule has 0 aromatic heterocycles. The van der Waals surface area contributed by atoms with E-state index in [1.807, 2.05) is 0 Å². The molecule has 27 heavy (non-hydrogen) atoms. The molecule has 0 aliphatic carbocycles. The Kier molecular flexibility index (Phi) is 6.74. The van der Waals surface area contributed by atoms with Crippen molar-refractivity contribution in [2.24, 2.45) is 0 Å². The van der Waals surface area contributed by atoms with E-state index in [4.69, 9.17) is 25.1 Å². The van der Waals surface area contributed by atoms with Gasteiger partial charge in [0.25, 0.3) is 0 Å². The van der Waals surface area contributed by atoms with Crippen LogP contribution >= 0.6 is 0 Å². The second-order valence-corrected chi connectivity index (χ2v) is 17.7. The second kappa shape index (κ2) is 8.74. The van der Waals surface area contributed by atoms with Crippen molar-refractivity contribution in [3.63, 3.8) is 0 Å². The van der Waals surface area contributed by atoms with Gasteiger partial charge >= 0.3 is 169 Å². The molecule has 0 amide bonds. The van der Waals surface area contributed by atoms with Crippen molar-refractivity contribution in [2.45, 2.75) is 97.9 Å². The average molecular weight is 491 g/mol. The van der Waals surface area contributed by atoms with Crippen molar-refractivity contribution >= 4 is 19.2 Å². The molecule has 0 bridgehead atoms. The monoisotopic (exact) mass is 492 g/mol. The summed E-state index contributed by atoms with van der Waals surface area (Å²) in [5.74, 6) is -1.93. The predicted molar refractivity (Wildman–Crippen MR) is 103 cm³/mol. The van der Waals surface area contributed by atoms with Gasteiger partial charge in [0.15, 0.2) is 0 Å². The Labute approximate surface area is 168 Å².